The van der Waals surface area contributed by atoms with E-state index in [9.17, 15) is 14.9 Å². The molecule has 0 amide bonds. The van der Waals surface area contributed by atoms with E-state index in [-0.39, 0.29) is 22.7 Å². The van der Waals surface area contributed by atoms with Gasteiger partial charge in [-0.1, -0.05) is 60.2 Å². The number of aromatic nitrogens is 1. The fourth-order valence-electron chi connectivity index (χ4n) is 5.10. The van der Waals surface area contributed by atoms with E-state index >= 15 is 0 Å². The molecule has 1 aliphatic heterocycles. The minimum atomic E-state index is -0.934. The minimum Gasteiger partial charge on any atom is -0.466 e. The predicted molar refractivity (Wildman–Crippen MR) is 162 cm³/mol. The second-order valence-electron chi connectivity index (χ2n) is 9.74. The molecule has 5 rings (SSSR count). The van der Waals surface area contributed by atoms with Crippen molar-refractivity contribution in [3.63, 3.8) is 0 Å². The van der Waals surface area contributed by atoms with Crippen LogP contribution in [0.3, 0.4) is 0 Å². The van der Waals surface area contributed by atoms with E-state index in [0.29, 0.717) is 11.3 Å². The molecule has 0 spiro atoms. The van der Waals surface area contributed by atoms with Crippen LogP contribution in [0, 0.1) is 25.2 Å². The Morgan fingerprint density at radius 3 is 2.40 bits per heavy atom. The third kappa shape index (κ3) is 5.04. The van der Waals surface area contributed by atoms with E-state index in [2.05, 4.69) is 31.2 Å². The number of methoxy groups -OCH3 is 2. The molecule has 42 heavy (non-hydrogen) atoms. The SMILES string of the molecule is COC(=O)C1=C(C(=O)OC)N(c2cccc(-c3nc(-c4cc(C)ccc4C)cs3)c2)C(N)=C(C#N)C1c1ccccc1. The highest BCUT2D eigenvalue weighted by molar-refractivity contribution is 7.13. The molecule has 0 saturated heterocycles. The lowest BCUT2D eigenvalue weighted by Gasteiger charge is -2.36. The molecule has 0 fully saturated rings. The molecule has 1 aromatic heterocycles. The number of nitriles is 1. The molecule has 3 aromatic carbocycles. The summed E-state index contributed by atoms with van der Waals surface area (Å²) in [5.41, 5.74) is 12.6. The van der Waals surface area contributed by atoms with E-state index in [1.807, 2.05) is 30.5 Å². The van der Waals surface area contributed by atoms with Crippen molar-refractivity contribution in [2.45, 2.75) is 19.8 Å². The molecular weight excluding hydrogens is 548 g/mol. The number of aryl methyl sites for hydroxylation is 2. The Hall–Kier alpha value is -5.20. The molecule has 0 bridgehead atoms. The number of anilines is 1. The van der Waals surface area contributed by atoms with Gasteiger partial charge in [-0.2, -0.15) is 5.26 Å². The third-order valence-electron chi connectivity index (χ3n) is 7.13. The molecule has 0 radical (unpaired) electrons. The Labute approximate surface area is 247 Å². The van der Waals surface area contributed by atoms with Gasteiger partial charge in [0.15, 0.2) is 0 Å². The number of carbonyl (C=O) groups excluding carboxylic acids is 2. The normalized spacial score (nSPS) is 14.9. The molecular formula is C33H28N4O4S. The Morgan fingerprint density at radius 1 is 0.976 bits per heavy atom. The van der Waals surface area contributed by atoms with E-state index in [1.54, 1.807) is 36.4 Å². The smallest absolute Gasteiger partial charge is 0.355 e. The Bertz CT molecular complexity index is 1800. The summed E-state index contributed by atoms with van der Waals surface area (Å²) in [6, 6.07) is 24.6. The number of nitrogens with two attached hydrogens (primary N) is 1. The van der Waals surface area contributed by atoms with Crippen molar-refractivity contribution in [3.8, 4) is 27.9 Å². The van der Waals surface area contributed by atoms with Crippen molar-refractivity contribution in [1.82, 2.24) is 4.98 Å². The Morgan fingerprint density at radius 2 is 1.71 bits per heavy atom. The monoisotopic (exact) mass is 576 g/mol. The number of carbonyl (C=O) groups is 2. The zero-order valence-corrected chi connectivity index (χ0v) is 24.4. The first-order valence-corrected chi connectivity index (χ1v) is 14.0. The number of nitrogens with zero attached hydrogens (tertiary/aromatic N) is 3. The summed E-state index contributed by atoms with van der Waals surface area (Å²) in [6.45, 7) is 4.10. The summed E-state index contributed by atoms with van der Waals surface area (Å²) < 4.78 is 10.3. The van der Waals surface area contributed by atoms with Gasteiger partial charge in [0.05, 0.1) is 43.0 Å². The molecule has 4 aromatic rings. The molecule has 8 nitrogen and oxygen atoms in total. The Kier molecular flexibility index (Phi) is 7.91. The van der Waals surface area contributed by atoms with Crippen LogP contribution in [0.25, 0.3) is 21.8 Å². The highest BCUT2D eigenvalue weighted by atomic mass is 32.1. The zero-order valence-electron chi connectivity index (χ0n) is 23.5. The first kappa shape index (κ1) is 28.3. The van der Waals surface area contributed by atoms with Crippen molar-refractivity contribution in [1.29, 1.82) is 5.26 Å². The van der Waals surface area contributed by atoms with Gasteiger partial charge < -0.3 is 15.2 Å². The zero-order chi connectivity index (χ0) is 30.0. The van der Waals surface area contributed by atoms with E-state index in [4.69, 9.17) is 20.2 Å². The highest BCUT2D eigenvalue weighted by Gasteiger charge is 2.43. The maximum atomic E-state index is 13.4. The van der Waals surface area contributed by atoms with Crippen molar-refractivity contribution in [2.24, 2.45) is 5.73 Å². The van der Waals surface area contributed by atoms with Crippen LogP contribution in [0.1, 0.15) is 22.6 Å². The fourth-order valence-corrected chi connectivity index (χ4v) is 5.92. The predicted octanol–water partition coefficient (Wildman–Crippen LogP) is 5.99. The van der Waals surface area contributed by atoms with E-state index in [0.717, 1.165) is 33.0 Å². The maximum Gasteiger partial charge on any atom is 0.355 e. The van der Waals surface area contributed by atoms with Crippen molar-refractivity contribution < 1.29 is 19.1 Å². The average Bonchev–Trinajstić information content (AvgIpc) is 3.51. The largest absolute Gasteiger partial charge is 0.466 e. The van der Waals surface area contributed by atoms with Crippen LogP contribution in [0.5, 0.6) is 0 Å². The van der Waals surface area contributed by atoms with Crippen molar-refractivity contribution >= 4 is 29.0 Å². The lowest BCUT2D eigenvalue weighted by Crippen LogP contribution is -2.40. The van der Waals surface area contributed by atoms with Crippen LogP contribution in [0.2, 0.25) is 0 Å². The van der Waals surface area contributed by atoms with Gasteiger partial charge in [-0.25, -0.2) is 14.6 Å². The van der Waals surface area contributed by atoms with Crippen molar-refractivity contribution in [3.05, 3.63) is 118 Å². The molecule has 1 aliphatic rings. The van der Waals surface area contributed by atoms with E-state index in [1.165, 1.54) is 30.5 Å². The van der Waals surface area contributed by atoms with Gasteiger partial charge in [0.1, 0.15) is 16.5 Å². The molecule has 2 heterocycles. The van der Waals surface area contributed by atoms with Gasteiger partial charge >= 0.3 is 11.9 Å². The van der Waals surface area contributed by atoms with Gasteiger partial charge in [0, 0.05) is 22.2 Å². The first-order valence-electron chi connectivity index (χ1n) is 13.1. The number of allylic oxidation sites excluding steroid dienone is 1. The van der Waals surface area contributed by atoms with Gasteiger partial charge in [-0.15, -0.1) is 11.3 Å². The molecule has 9 heteroatoms. The lowest BCUT2D eigenvalue weighted by molar-refractivity contribution is -0.139. The first-order chi connectivity index (χ1) is 20.3. The Balaban J connectivity index is 1.68. The van der Waals surface area contributed by atoms with Gasteiger partial charge in [0.25, 0.3) is 0 Å². The molecule has 2 N–H and O–H groups in total. The van der Waals surface area contributed by atoms with Gasteiger partial charge in [-0.3, -0.25) is 4.90 Å². The van der Waals surface area contributed by atoms with Crippen LogP contribution in [0.15, 0.2) is 101 Å². The topological polar surface area (TPSA) is 119 Å². The summed E-state index contributed by atoms with van der Waals surface area (Å²) in [5, 5.41) is 13.0. The standard InChI is InChI=1S/C33H28N4O4S/c1-19-13-14-20(2)24(15-19)26-18-42-31(36-26)22-11-8-12-23(16-22)37-29(33(39)41-4)28(32(38)40-3)27(25(17-34)30(37)35)21-9-6-5-7-10-21/h5-16,18,27H,35H2,1-4H3. The summed E-state index contributed by atoms with van der Waals surface area (Å²) >= 11 is 1.49. The van der Waals surface area contributed by atoms with Crippen LogP contribution in [-0.2, 0) is 19.1 Å². The summed E-state index contributed by atoms with van der Waals surface area (Å²) in [5.74, 6) is -2.50. The molecule has 0 aliphatic carbocycles. The van der Waals surface area contributed by atoms with Crippen LogP contribution >= 0.6 is 11.3 Å². The highest BCUT2D eigenvalue weighted by Crippen LogP contribution is 2.44. The van der Waals surface area contributed by atoms with Gasteiger partial charge in [0.2, 0.25) is 0 Å². The van der Waals surface area contributed by atoms with Crippen LogP contribution in [0.4, 0.5) is 5.69 Å². The quantitative estimate of drug-likeness (QED) is 0.278. The molecule has 210 valence electrons. The molecule has 1 atom stereocenters. The summed E-state index contributed by atoms with van der Waals surface area (Å²) in [6.07, 6.45) is 0. The number of hydrogen-bond acceptors (Lipinski definition) is 9. The third-order valence-corrected chi connectivity index (χ3v) is 8.03. The van der Waals surface area contributed by atoms with E-state index < -0.39 is 17.9 Å². The summed E-state index contributed by atoms with van der Waals surface area (Å²) in [4.78, 5) is 33.0. The number of esters is 2. The number of ether oxygens (including phenoxy) is 2. The molecule has 1 unspecified atom stereocenters. The lowest BCUT2D eigenvalue weighted by atomic mass is 9.81. The second-order valence-corrected chi connectivity index (χ2v) is 10.6. The number of thiazole rings is 1. The molecule has 0 saturated carbocycles. The van der Waals surface area contributed by atoms with Gasteiger partial charge in [-0.05, 0) is 43.2 Å². The minimum absolute atomic E-state index is 0.00627. The van der Waals surface area contributed by atoms with Crippen LogP contribution < -0.4 is 10.6 Å². The van der Waals surface area contributed by atoms with Crippen LogP contribution in [-0.4, -0.2) is 31.1 Å². The number of hydrogen-bond donors (Lipinski definition) is 1. The fraction of sp³-hybridized carbons (Fsp3) is 0.152. The number of benzene rings is 3. The number of rotatable bonds is 6. The van der Waals surface area contributed by atoms with Crippen molar-refractivity contribution in [2.75, 3.05) is 19.1 Å². The summed E-state index contributed by atoms with van der Waals surface area (Å²) in [7, 11) is 2.45. The average molecular weight is 577 g/mol. The maximum absolute atomic E-state index is 13.4. The second kappa shape index (κ2) is 11.7.